The standard InChI is InChI=1S/C11H15N3/c1-11(2,8-12)9-7-13-10-5-3-4-6-14(9)10/h3-7H,8,12H2,1-2H3. The predicted octanol–water partition coefficient (Wildman–Crippen LogP) is 1.57. The summed E-state index contributed by atoms with van der Waals surface area (Å²) in [6, 6.07) is 5.99. The molecular weight excluding hydrogens is 174 g/mol. The number of nitrogens with two attached hydrogens (primary N) is 1. The fourth-order valence-electron chi connectivity index (χ4n) is 1.54. The van der Waals surface area contributed by atoms with Gasteiger partial charge >= 0.3 is 0 Å². The van der Waals surface area contributed by atoms with Crippen LogP contribution >= 0.6 is 0 Å². The minimum atomic E-state index is -0.0270. The summed E-state index contributed by atoms with van der Waals surface area (Å²) in [4.78, 5) is 4.34. The molecule has 0 aliphatic rings. The Bertz CT molecular complexity index is 442. The molecule has 2 aromatic heterocycles. The molecule has 2 N–H and O–H groups in total. The second kappa shape index (κ2) is 3.10. The molecule has 0 radical (unpaired) electrons. The molecule has 0 unspecified atom stereocenters. The highest BCUT2D eigenvalue weighted by Gasteiger charge is 2.22. The first kappa shape index (κ1) is 9.21. The minimum absolute atomic E-state index is 0.0270. The van der Waals surface area contributed by atoms with Crippen LogP contribution in [-0.2, 0) is 5.41 Å². The van der Waals surface area contributed by atoms with E-state index in [9.17, 15) is 0 Å². The van der Waals surface area contributed by atoms with E-state index in [4.69, 9.17) is 5.73 Å². The van der Waals surface area contributed by atoms with Crippen molar-refractivity contribution in [1.29, 1.82) is 0 Å². The Balaban J connectivity index is 2.64. The van der Waals surface area contributed by atoms with Crippen LogP contribution in [0.3, 0.4) is 0 Å². The van der Waals surface area contributed by atoms with Crippen LogP contribution in [0.5, 0.6) is 0 Å². The van der Waals surface area contributed by atoms with Crippen LogP contribution in [0, 0.1) is 0 Å². The van der Waals surface area contributed by atoms with Gasteiger partial charge in [0.05, 0.1) is 0 Å². The summed E-state index contributed by atoms with van der Waals surface area (Å²) in [6.07, 6.45) is 3.93. The summed E-state index contributed by atoms with van der Waals surface area (Å²) in [5, 5.41) is 0. The topological polar surface area (TPSA) is 43.3 Å². The van der Waals surface area contributed by atoms with E-state index in [2.05, 4.69) is 23.2 Å². The van der Waals surface area contributed by atoms with Gasteiger partial charge in [-0.3, -0.25) is 0 Å². The third kappa shape index (κ3) is 1.30. The molecule has 0 aliphatic heterocycles. The van der Waals surface area contributed by atoms with Crippen LogP contribution in [0.1, 0.15) is 19.5 Å². The first-order valence-corrected chi connectivity index (χ1v) is 4.78. The molecule has 0 saturated carbocycles. The van der Waals surface area contributed by atoms with Crippen molar-refractivity contribution in [2.45, 2.75) is 19.3 Å². The number of pyridine rings is 1. The predicted molar refractivity (Wildman–Crippen MR) is 57.3 cm³/mol. The van der Waals surface area contributed by atoms with Crippen molar-refractivity contribution in [3.8, 4) is 0 Å². The molecule has 3 heteroatoms. The van der Waals surface area contributed by atoms with Crippen LogP contribution < -0.4 is 5.73 Å². The summed E-state index contributed by atoms with van der Waals surface area (Å²) >= 11 is 0. The zero-order valence-electron chi connectivity index (χ0n) is 8.57. The Hall–Kier alpha value is -1.35. The lowest BCUT2D eigenvalue weighted by Crippen LogP contribution is -2.29. The maximum Gasteiger partial charge on any atom is 0.136 e. The average Bonchev–Trinajstić information content (AvgIpc) is 2.61. The van der Waals surface area contributed by atoms with Gasteiger partial charge < -0.3 is 10.1 Å². The molecule has 0 atom stereocenters. The number of nitrogens with zero attached hydrogens (tertiary/aromatic N) is 2. The maximum absolute atomic E-state index is 5.75. The summed E-state index contributed by atoms with van der Waals surface area (Å²) in [5.41, 5.74) is 7.86. The van der Waals surface area contributed by atoms with Crippen molar-refractivity contribution in [2.75, 3.05) is 6.54 Å². The molecule has 0 bridgehead atoms. The van der Waals surface area contributed by atoms with E-state index in [0.29, 0.717) is 6.54 Å². The lowest BCUT2D eigenvalue weighted by Gasteiger charge is -2.21. The van der Waals surface area contributed by atoms with E-state index in [1.54, 1.807) is 0 Å². The summed E-state index contributed by atoms with van der Waals surface area (Å²) in [5.74, 6) is 0. The van der Waals surface area contributed by atoms with Gasteiger partial charge in [-0.25, -0.2) is 4.98 Å². The van der Waals surface area contributed by atoms with E-state index in [1.165, 1.54) is 0 Å². The minimum Gasteiger partial charge on any atom is -0.330 e. The molecule has 0 amide bonds. The molecule has 74 valence electrons. The largest absolute Gasteiger partial charge is 0.330 e. The van der Waals surface area contributed by atoms with Crippen molar-refractivity contribution in [2.24, 2.45) is 5.73 Å². The average molecular weight is 189 g/mol. The molecule has 0 saturated heterocycles. The summed E-state index contributed by atoms with van der Waals surface area (Å²) in [6.45, 7) is 4.88. The fraction of sp³-hybridized carbons (Fsp3) is 0.364. The Kier molecular flexibility index (Phi) is 2.04. The molecule has 2 heterocycles. The molecule has 0 aromatic carbocycles. The molecule has 2 rings (SSSR count). The number of hydrogen-bond acceptors (Lipinski definition) is 2. The zero-order valence-corrected chi connectivity index (χ0v) is 8.57. The molecule has 0 spiro atoms. The van der Waals surface area contributed by atoms with E-state index < -0.39 is 0 Å². The highest BCUT2D eigenvalue weighted by Crippen LogP contribution is 2.22. The number of rotatable bonds is 2. The van der Waals surface area contributed by atoms with E-state index in [-0.39, 0.29) is 5.41 Å². The van der Waals surface area contributed by atoms with Gasteiger partial charge in [-0.2, -0.15) is 0 Å². The Morgan fingerprint density at radius 2 is 2.21 bits per heavy atom. The van der Waals surface area contributed by atoms with Crippen molar-refractivity contribution in [3.05, 3.63) is 36.3 Å². The molecule has 2 aromatic rings. The van der Waals surface area contributed by atoms with Gasteiger partial charge in [0.2, 0.25) is 0 Å². The van der Waals surface area contributed by atoms with E-state index >= 15 is 0 Å². The molecule has 14 heavy (non-hydrogen) atoms. The van der Waals surface area contributed by atoms with Crippen molar-refractivity contribution >= 4 is 5.65 Å². The van der Waals surface area contributed by atoms with Crippen molar-refractivity contribution in [3.63, 3.8) is 0 Å². The number of fused-ring (bicyclic) bond motifs is 1. The fourth-order valence-corrected chi connectivity index (χ4v) is 1.54. The number of hydrogen-bond donors (Lipinski definition) is 1. The quantitative estimate of drug-likeness (QED) is 0.779. The van der Waals surface area contributed by atoms with Crippen LogP contribution in [-0.4, -0.2) is 15.9 Å². The SMILES string of the molecule is CC(C)(CN)c1cnc2ccccn12. The molecule has 0 aliphatic carbocycles. The van der Waals surface area contributed by atoms with Crippen LogP contribution in [0.2, 0.25) is 0 Å². The van der Waals surface area contributed by atoms with Crippen molar-refractivity contribution < 1.29 is 0 Å². The van der Waals surface area contributed by atoms with Crippen LogP contribution in [0.15, 0.2) is 30.6 Å². The maximum atomic E-state index is 5.75. The van der Waals surface area contributed by atoms with E-state index in [1.807, 2.05) is 30.6 Å². The lowest BCUT2D eigenvalue weighted by molar-refractivity contribution is 0.517. The zero-order chi connectivity index (χ0) is 10.2. The Labute approximate surface area is 83.6 Å². The van der Waals surface area contributed by atoms with Crippen LogP contribution in [0.25, 0.3) is 5.65 Å². The first-order valence-electron chi connectivity index (χ1n) is 4.78. The van der Waals surface area contributed by atoms with Crippen LogP contribution in [0.4, 0.5) is 0 Å². The van der Waals surface area contributed by atoms with Gasteiger partial charge in [0.1, 0.15) is 5.65 Å². The number of aromatic nitrogens is 2. The van der Waals surface area contributed by atoms with E-state index in [0.717, 1.165) is 11.3 Å². The van der Waals surface area contributed by atoms with Gasteiger partial charge in [0.25, 0.3) is 0 Å². The van der Waals surface area contributed by atoms with Gasteiger partial charge in [-0.05, 0) is 12.1 Å². The molecular formula is C11H15N3. The first-order chi connectivity index (χ1) is 6.65. The second-order valence-electron chi connectivity index (χ2n) is 4.16. The normalized spacial score (nSPS) is 12.2. The van der Waals surface area contributed by atoms with Gasteiger partial charge in [-0.1, -0.05) is 19.9 Å². The van der Waals surface area contributed by atoms with Gasteiger partial charge in [0.15, 0.2) is 0 Å². The highest BCUT2D eigenvalue weighted by molar-refractivity contribution is 5.41. The third-order valence-corrected chi connectivity index (χ3v) is 2.62. The van der Waals surface area contributed by atoms with Crippen molar-refractivity contribution in [1.82, 2.24) is 9.38 Å². The number of imidazole rings is 1. The lowest BCUT2D eigenvalue weighted by atomic mass is 9.90. The summed E-state index contributed by atoms with van der Waals surface area (Å²) < 4.78 is 2.09. The van der Waals surface area contributed by atoms with Gasteiger partial charge in [0, 0.05) is 30.0 Å². The second-order valence-corrected chi connectivity index (χ2v) is 4.16. The summed E-state index contributed by atoms with van der Waals surface area (Å²) in [7, 11) is 0. The molecule has 3 nitrogen and oxygen atoms in total. The smallest absolute Gasteiger partial charge is 0.136 e. The monoisotopic (exact) mass is 189 g/mol. The third-order valence-electron chi connectivity index (χ3n) is 2.62. The van der Waals surface area contributed by atoms with Gasteiger partial charge in [-0.15, -0.1) is 0 Å². The Morgan fingerprint density at radius 1 is 1.43 bits per heavy atom. The Morgan fingerprint density at radius 3 is 2.93 bits per heavy atom. The highest BCUT2D eigenvalue weighted by atomic mass is 15.0. The molecule has 0 fully saturated rings.